The van der Waals surface area contributed by atoms with Crippen molar-refractivity contribution in [3.63, 3.8) is 0 Å². The Kier molecular flexibility index (Phi) is 6.78. The number of fused-ring (bicyclic) bond motifs is 2. The molecule has 0 saturated heterocycles. The Hall–Kier alpha value is -5.74. The largest absolute Gasteiger partial charge is 0.455 e. The summed E-state index contributed by atoms with van der Waals surface area (Å²) in [6.07, 6.45) is 1.03. The van der Waals surface area contributed by atoms with Crippen LogP contribution in [-0.2, 0) is 10.0 Å². The molecule has 3 aromatic heterocycles. The van der Waals surface area contributed by atoms with Gasteiger partial charge in [-0.3, -0.25) is 13.9 Å². The van der Waals surface area contributed by atoms with E-state index in [1.165, 1.54) is 50.5 Å². The zero-order chi connectivity index (χ0) is 31.3. The molecule has 6 aromatic rings. The average Bonchev–Trinajstić information content (AvgIpc) is 3.61. The Morgan fingerprint density at radius 2 is 1.82 bits per heavy atom. The summed E-state index contributed by atoms with van der Waals surface area (Å²) in [5.74, 6) is -0.796. The summed E-state index contributed by atoms with van der Waals surface area (Å²) in [5.41, 5.74) is 2.56. The van der Waals surface area contributed by atoms with Gasteiger partial charge in [-0.15, -0.1) is 0 Å². The van der Waals surface area contributed by atoms with Crippen LogP contribution in [-0.4, -0.2) is 49.9 Å². The summed E-state index contributed by atoms with van der Waals surface area (Å²) < 4.78 is 46.3. The van der Waals surface area contributed by atoms with Gasteiger partial charge in [-0.2, -0.15) is 10.4 Å². The molecular weight excluding hydrogens is 587 g/mol. The third-order valence-electron chi connectivity index (χ3n) is 7.36. The molecule has 11 nitrogen and oxygen atoms in total. The van der Waals surface area contributed by atoms with Gasteiger partial charge in [0.05, 0.1) is 46.1 Å². The quantitative estimate of drug-likeness (QED) is 0.244. The lowest BCUT2D eigenvalue weighted by molar-refractivity contribution is 0.0964. The minimum Gasteiger partial charge on any atom is -0.455 e. The molecule has 0 radical (unpaired) electrons. The van der Waals surface area contributed by atoms with Crippen molar-refractivity contribution in [3.8, 4) is 39.9 Å². The molecule has 13 heteroatoms. The Bertz CT molecular complexity index is 2330. The van der Waals surface area contributed by atoms with Gasteiger partial charge in [-0.05, 0) is 54.6 Å². The van der Waals surface area contributed by atoms with Gasteiger partial charge in [-0.25, -0.2) is 17.9 Å². The number of H-pyrrole nitrogens is 2. The Morgan fingerprint density at radius 3 is 2.50 bits per heavy atom. The van der Waals surface area contributed by atoms with E-state index in [0.29, 0.717) is 33.1 Å². The predicted octanol–water partition coefficient (Wildman–Crippen LogP) is 4.76. The van der Waals surface area contributed by atoms with Crippen molar-refractivity contribution in [1.82, 2.24) is 20.5 Å². The fourth-order valence-corrected chi connectivity index (χ4v) is 5.58. The Labute approximate surface area is 249 Å². The maximum atomic E-state index is 13.7. The lowest BCUT2D eigenvalue weighted by atomic mass is 10.00. The van der Waals surface area contributed by atoms with Gasteiger partial charge >= 0.3 is 0 Å². The maximum absolute atomic E-state index is 13.7. The predicted molar refractivity (Wildman–Crippen MR) is 164 cm³/mol. The van der Waals surface area contributed by atoms with E-state index in [4.69, 9.17) is 4.42 Å². The second-order valence-corrected chi connectivity index (χ2v) is 12.1. The summed E-state index contributed by atoms with van der Waals surface area (Å²) in [6.45, 7) is 0. The van der Waals surface area contributed by atoms with Crippen LogP contribution in [0.1, 0.15) is 15.9 Å². The molecule has 0 bridgehead atoms. The van der Waals surface area contributed by atoms with Gasteiger partial charge < -0.3 is 14.7 Å². The highest BCUT2D eigenvalue weighted by Crippen LogP contribution is 2.41. The first-order chi connectivity index (χ1) is 21.0. The highest BCUT2D eigenvalue weighted by molar-refractivity contribution is 7.92. The summed E-state index contributed by atoms with van der Waals surface area (Å²) in [4.78, 5) is 29.3. The van der Waals surface area contributed by atoms with Crippen molar-refractivity contribution < 1.29 is 22.0 Å². The number of furan rings is 1. The lowest BCUT2D eigenvalue weighted by Crippen LogP contribution is -2.25. The van der Waals surface area contributed by atoms with E-state index in [-0.39, 0.29) is 39.4 Å². The molecule has 0 saturated carbocycles. The van der Waals surface area contributed by atoms with Crippen molar-refractivity contribution in [2.75, 3.05) is 24.7 Å². The van der Waals surface area contributed by atoms with Crippen LogP contribution in [0.3, 0.4) is 0 Å². The minimum atomic E-state index is -3.80. The Balaban J connectivity index is 1.63. The molecule has 0 unspecified atom stereocenters. The van der Waals surface area contributed by atoms with Gasteiger partial charge in [0.15, 0.2) is 0 Å². The second kappa shape index (κ2) is 10.5. The first-order valence-electron chi connectivity index (χ1n) is 13.1. The first kappa shape index (κ1) is 28.4. The zero-order valence-electron chi connectivity index (χ0n) is 23.5. The number of aromatic amines is 2. The fraction of sp³-hybridized carbons (Fsp3) is 0.0968. The highest BCUT2D eigenvalue weighted by Gasteiger charge is 2.27. The van der Waals surface area contributed by atoms with E-state index in [0.717, 1.165) is 10.6 Å². The van der Waals surface area contributed by atoms with Gasteiger partial charge in [0.1, 0.15) is 17.2 Å². The normalized spacial score (nSPS) is 11.5. The average molecular weight is 611 g/mol. The number of anilines is 1. The highest BCUT2D eigenvalue weighted by atomic mass is 32.2. The van der Waals surface area contributed by atoms with Gasteiger partial charge in [-0.1, -0.05) is 6.07 Å². The molecule has 0 fully saturated rings. The smallest absolute Gasteiger partial charge is 0.273 e. The van der Waals surface area contributed by atoms with Crippen LogP contribution in [0, 0.1) is 17.1 Å². The zero-order valence-corrected chi connectivity index (χ0v) is 24.3. The van der Waals surface area contributed by atoms with Crippen LogP contribution < -0.4 is 15.2 Å². The van der Waals surface area contributed by atoms with Crippen LogP contribution in [0.5, 0.6) is 0 Å². The molecule has 0 aliphatic heterocycles. The standard InChI is InChI=1S/C31H23FN6O5S/c1-34-31(40)28-22-11-20(25-13-21(30(39)37-36-25)24-12-19-17(15-33)5-4-6-23(19)35-24)26(38(2)44(3,41)42)14-27(22)43-29(28)16-7-9-18(32)10-8-16/h4-14,35H,1-3H3,(H,34,40)(H,37,39). The van der Waals surface area contributed by atoms with Crippen molar-refractivity contribution in [1.29, 1.82) is 5.26 Å². The van der Waals surface area contributed by atoms with Crippen molar-refractivity contribution in [3.05, 3.63) is 94.0 Å². The summed E-state index contributed by atoms with van der Waals surface area (Å²) >= 11 is 0. The van der Waals surface area contributed by atoms with E-state index >= 15 is 0 Å². The maximum Gasteiger partial charge on any atom is 0.273 e. The van der Waals surface area contributed by atoms with E-state index in [1.807, 2.05) is 0 Å². The van der Waals surface area contributed by atoms with Crippen LogP contribution in [0.15, 0.2) is 75.9 Å². The number of sulfonamides is 1. The number of amides is 1. The second-order valence-electron chi connectivity index (χ2n) is 10.0. The van der Waals surface area contributed by atoms with Gasteiger partial charge in [0.25, 0.3) is 11.5 Å². The van der Waals surface area contributed by atoms with Crippen molar-refractivity contribution >= 4 is 43.5 Å². The number of hydrogen-bond donors (Lipinski definition) is 3. The fourth-order valence-electron chi connectivity index (χ4n) is 5.07. The van der Waals surface area contributed by atoms with E-state index in [9.17, 15) is 27.7 Å². The molecule has 0 aliphatic rings. The molecule has 0 atom stereocenters. The number of rotatable bonds is 6. The number of carbonyl (C=O) groups excluding carboxylic acids is 1. The number of hydrogen-bond acceptors (Lipinski definition) is 7. The third-order valence-corrected chi connectivity index (χ3v) is 8.55. The number of nitrogens with zero attached hydrogens (tertiary/aromatic N) is 3. The van der Waals surface area contributed by atoms with Crippen LogP contribution >= 0.6 is 0 Å². The Morgan fingerprint density at radius 1 is 1.07 bits per heavy atom. The van der Waals surface area contributed by atoms with Crippen LogP contribution in [0.2, 0.25) is 0 Å². The topological polar surface area (TPSA) is 165 Å². The first-order valence-corrected chi connectivity index (χ1v) is 15.0. The number of nitrogens with one attached hydrogen (secondary N) is 3. The number of halogens is 1. The van der Waals surface area contributed by atoms with E-state index in [2.05, 4.69) is 26.6 Å². The van der Waals surface area contributed by atoms with Gasteiger partial charge in [0, 0.05) is 47.6 Å². The SMILES string of the molecule is CNC(=O)c1c(-c2ccc(F)cc2)oc2cc(N(C)S(C)(=O)=O)c(-c3cc(-c4cc5c(C#N)cccc5[nH]4)c(=O)[nH]n3)cc12. The third kappa shape index (κ3) is 4.77. The summed E-state index contributed by atoms with van der Waals surface area (Å²) in [5, 5.41) is 19.8. The minimum absolute atomic E-state index is 0.146. The van der Waals surface area contributed by atoms with Crippen molar-refractivity contribution in [2.45, 2.75) is 0 Å². The molecule has 0 spiro atoms. The molecule has 0 aliphatic carbocycles. The molecule has 1 amide bonds. The molecule has 6 rings (SSSR count). The number of aromatic nitrogens is 3. The number of carbonyl (C=O) groups is 1. The van der Waals surface area contributed by atoms with Crippen LogP contribution in [0.4, 0.5) is 10.1 Å². The summed E-state index contributed by atoms with van der Waals surface area (Å²) in [6, 6.07) is 18.9. The summed E-state index contributed by atoms with van der Waals surface area (Å²) in [7, 11) is -0.985. The molecule has 44 heavy (non-hydrogen) atoms. The van der Waals surface area contributed by atoms with E-state index in [1.54, 1.807) is 30.3 Å². The molecule has 220 valence electrons. The van der Waals surface area contributed by atoms with Crippen molar-refractivity contribution in [2.24, 2.45) is 0 Å². The lowest BCUT2D eigenvalue weighted by Gasteiger charge is -2.20. The number of nitriles is 1. The number of benzene rings is 3. The molecule has 3 N–H and O–H groups in total. The molecule has 3 aromatic carbocycles. The van der Waals surface area contributed by atoms with Crippen LogP contribution in [0.25, 0.3) is 55.7 Å². The molecular formula is C31H23FN6O5S. The van der Waals surface area contributed by atoms with Gasteiger partial charge in [0.2, 0.25) is 10.0 Å². The monoisotopic (exact) mass is 610 g/mol. The van der Waals surface area contributed by atoms with E-state index < -0.39 is 27.3 Å². The molecule has 3 heterocycles.